The lowest BCUT2D eigenvalue weighted by molar-refractivity contribution is -0.141. The Bertz CT molecular complexity index is 680. The van der Waals surface area contributed by atoms with Crippen molar-refractivity contribution in [3.8, 4) is 5.75 Å². The van der Waals surface area contributed by atoms with Gasteiger partial charge in [-0.2, -0.15) is 11.8 Å². The molecule has 0 aromatic heterocycles. The molecular weight excluding hydrogens is 328 g/mol. The number of carbonyl (C=O) groups is 2. The Morgan fingerprint density at radius 3 is 2.75 bits per heavy atom. The van der Waals surface area contributed by atoms with Gasteiger partial charge in [-0.3, -0.25) is 4.79 Å². The van der Waals surface area contributed by atoms with Crippen LogP contribution in [0.5, 0.6) is 5.75 Å². The van der Waals surface area contributed by atoms with Crippen molar-refractivity contribution in [2.24, 2.45) is 0 Å². The van der Waals surface area contributed by atoms with Gasteiger partial charge in [-0.1, -0.05) is 19.1 Å². The van der Waals surface area contributed by atoms with Gasteiger partial charge in [-0.05, 0) is 30.4 Å². The SMILES string of the molecule is COc1ccc(CC(=O)C2=C(O)C(CC(C)SC)OC2=O)cc1C. The Labute approximate surface area is 146 Å². The number of hydrogen-bond acceptors (Lipinski definition) is 6. The molecule has 0 saturated heterocycles. The maximum atomic E-state index is 12.4. The molecule has 1 N–H and O–H groups in total. The smallest absolute Gasteiger partial charge is 0.346 e. The van der Waals surface area contributed by atoms with E-state index in [-0.39, 0.29) is 23.0 Å². The standard InChI is InChI=1S/C18H22O5S/c1-10-7-12(5-6-14(10)22-3)9-13(19)16-17(20)15(23-18(16)21)8-11(2)24-4/h5-7,11,15,20H,8-9H2,1-4H3. The van der Waals surface area contributed by atoms with Crippen molar-refractivity contribution in [1.29, 1.82) is 0 Å². The number of methoxy groups -OCH3 is 1. The lowest BCUT2D eigenvalue weighted by Gasteiger charge is -2.13. The second kappa shape index (κ2) is 7.75. The van der Waals surface area contributed by atoms with Crippen molar-refractivity contribution in [3.63, 3.8) is 0 Å². The zero-order valence-electron chi connectivity index (χ0n) is 14.3. The number of carbonyl (C=O) groups excluding carboxylic acids is 2. The molecule has 130 valence electrons. The van der Waals surface area contributed by atoms with Crippen molar-refractivity contribution in [3.05, 3.63) is 40.7 Å². The molecule has 0 spiro atoms. The van der Waals surface area contributed by atoms with E-state index in [2.05, 4.69) is 0 Å². The van der Waals surface area contributed by atoms with Gasteiger partial charge in [0.15, 0.2) is 17.6 Å². The molecule has 0 fully saturated rings. The Balaban J connectivity index is 2.16. The predicted molar refractivity (Wildman–Crippen MR) is 93.6 cm³/mol. The van der Waals surface area contributed by atoms with Gasteiger partial charge >= 0.3 is 5.97 Å². The average Bonchev–Trinajstić information content (AvgIpc) is 2.81. The van der Waals surface area contributed by atoms with Gasteiger partial charge in [0.25, 0.3) is 0 Å². The fourth-order valence-electron chi connectivity index (χ4n) is 2.65. The molecule has 6 heteroatoms. The highest BCUT2D eigenvalue weighted by Gasteiger charge is 2.38. The van der Waals surface area contributed by atoms with Crippen LogP contribution in [0.3, 0.4) is 0 Å². The largest absolute Gasteiger partial charge is 0.507 e. The summed E-state index contributed by atoms with van der Waals surface area (Å²) in [6.45, 7) is 3.86. The van der Waals surface area contributed by atoms with Crippen LogP contribution in [-0.2, 0) is 20.7 Å². The molecule has 1 aliphatic heterocycles. The number of thioether (sulfide) groups is 1. The van der Waals surface area contributed by atoms with Gasteiger partial charge in [0.1, 0.15) is 11.3 Å². The highest BCUT2D eigenvalue weighted by molar-refractivity contribution is 7.99. The first-order chi connectivity index (χ1) is 11.4. The zero-order valence-corrected chi connectivity index (χ0v) is 15.1. The number of aliphatic hydroxyl groups excluding tert-OH is 1. The van der Waals surface area contributed by atoms with Crippen molar-refractivity contribution in [2.45, 2.75) is 38.0 Å². The molecule has 1 heterocycles. The average molecular weight is 350 g/mol. The minimum absolute atomic E-state index is 0.0319. The summed E-state index contributed by atoms with van der Waals surface area (Å²) in [5.74, 6) is -0.668. The number of Topliss-reactive ketones (excluding diaryl/α,β-unsaturated/α-hetero) is 1. The highest BCUT2D eigenvalue weighted by Crippen LogP contribution is 2.28. The fourth-order valence-corrected chi connectivity index (χ4v) is 3.02. The first-order valence-electron chi connectivity index (χ1n) is 7.71. The van der Waals surface area contributed by atoms with E-state index in [0.29, 0.717) is 6.42 Å². The van der Waals surface area contributed by atoms with E-state index >= 15 is 0 Å². The van der Waals surface area contributed by atoms with E-state index in [1.165, 1.54) is 0 Å². The summed E-state index contributed by atoms with van der Waals surface area (Å²) in [5.41, 5.74) is 1.44. The van der Waals surface area contributed by atoms with E-state index in [1.807, 2.05) is 26.2 Å². The number of cyclic esters (lactones) is 1. The van der Waals surface area contributed by atoms with E-state index in [1.54, 1.807) is 31.0 Å². The van der Waals surface area contributed by atoms with Crippen LogP contribution in [0.2, 0.25) is 0 Å². The van der Waals surface area contributed by atoms with Crippen LogP contribution in [0.15, 0.2) is 29.5 Å². The molecule has 0 bridgehead atoms. The second-order valence-electron chi connectivity index (χ2n) is 5.84. The highest BCUT2D eigenvalue weighted by atomic mass is 32.2. The third-order valence-corrected chi connectivity index (χ3v) is 5.06. The first kappa shape index (κ1) is 18.4. The molecule has 2 rings (SSSR count). The van der Waals surface area contributed by atoms with E-state index in [0.717, 1.165) is 16.9 Å². The van der Waals surface area contributed by atoms with Gasteiger partial charge in [-0.15, -0.1) is 0 Å². The van der Waals surface area contributed by atoms with E-state index in [9.17, 15) is 14.7 Å². The normalized spacial score (nSPS) is 18.5. The van der Waals surface area contributed by atoms with Gasteiger partial charge in [-0.25, -0.2) is 4.79 Å². The number of aliphatic hydroxyl groups is 1. The molecule has 1 aliphatic rings. The molecule has 2 atom stereocenters. The molecule has 0 amide bonds. The molecule has 1 aromatic rings. The summed E-state index contributed by atoms with van der Waals surface area (Å²) in [4.78, 5) is 24.4. The van der Waals surface area contributed by atoms with E-state index < -0.39 is 17.9 Å². The third kappa shape index (κ3) is 3.93. The van der Waals surface area contributed by atoms with Crippen LogP contribution in [0, 0.1) is 6.92 Å². The monoisotopic (exact) mass is 350 g/mol. The maximum Gasteiger partial charge on any atom is 0.346 e. The van der Waals surface area contributed by atoms with Gasteiger partial charge in [0.05, 0.1) is 7.11 Å². The molecular formula is C18H22O5S. The number of ether oxygens (including phenoxy) is 2. The van der Waals surface area contributed by atoms with Crippen LogP contribution in [0.1, 0.15) is 24.5 Å². The Morgan fingerprint density at radius 1 is 1.46 bits per heavy atom. The summed E-state index contributed by atoms with van der Waals surface area (Å²) in [5, 5.41) is 10.4. The van der Waals surface area contributed by atoms with E-state index in [4.69, 9.17) is 9.47 Å². The molecule has 0 aliphatic carbocycles. The number of ketones is 1. The number of aryl methyl sites for hydroxylation is 1. The second-order valence-corrected chi connectivity index (χ2v) is 7.12. The lowest BCUT2D eigenvalue weighted by Crippen LogP contribution is -2.16. The first-order valence-corrected chi connectivity index (χ1v) is 8.99. The lowest BCUT2D eigenvalue weighted by atomic mass is 10.00. The Hall–Kier alpha value is -1.95. The molecule has 24 heavy (non-hydrogen) atoms. The predicted octanol–water partition coefficient (Wildman–Crippen LogP) is 2.99. The maximum absolute atomic E-state index is 12.4. The van der Waals surface area contributed by atoms with Crippen molar-refractivity contribution in [1.82, 2.24) is 0 Å². The van der Waals surface area contributed by atoms with Crippen LogP contribution in [-0.4, -0.2) is 41.6 Å². The molecule has 0 radical (unpaired) electrons. The van der Waals surface area contributed by atoms with Crippen molar-refractivity contribution < 1.29 is 24.2 Å². The number of hydrogen-bond donors (Lipinski definition) is 1. The summed E-state index contributed by atoms with van der Waals surface area (Å²) in [6, 6.07) is 5.39. The van der Waals surface area contributed by atoms with Crippen molar-refractivity contribution in [2.75, 3.05) is 13.4 Å². The van der Waals surface area contributed by atoms with Gasteiger partial charge in [0.2, 0.25) is 0 Å². The summed E-state index contributed by atoms with van der Waals surface area (Å²) in [7, 11) is 1.58. The van der Waals surface area contributed by atoms with Crippen LogP contribution < -0.4 is 4.74 Å². The Morgan fingerprint density at radius 2 is 2.17 bits per heavy atom. The van der Waals surface area contributed by atoms with Crippen LogP contribution in [0.4, 0.5) is 0 Å². The molecule has 0 saturated carbocycles. The van der Waals surface area contributed by atoms with Crippen LogP contribution >= 0.6 is 11.8 Å². The summed E-state index contributed by atoms with van der Waals surface area (Å²) in [6.07, 6.45) is 1.73. The minimum Gasteiger partial charge on any atom is -0.507 e. The summed E-state index contributed by atoms with van der Waals surface area (Å²) < 4.78 is 10.4. The quantitative estimate of drug-likeness (QED) is 0.602. The third-order valence-electron chi connectivity index (χ3n) is 4.07. The van der Waals surface area contributed by atoms with Gasteiger partial charge < -0.3 is 14.6 Å². The topological polar surface area (TPSA) is 72.8 Å². The number of rotatable bonds is 7. The fraction of sp³-hybridized carbons (Fsp3) is 0.444. The van der Waals surface area contributed by atoms with Crippen LogP contribution in [0.25, 0.3) is 0 Å². The number of esters is 1. The van der Waals surface area contributed by atoms with Gasteiger partial charge in [0, 0.05) is 18.1 Å². The molecule has 2 unspecified atom stereocenters. The molecule has 1 aromatic carbocycles. The summed E-state index contributed by atoms with van der Waals surface area (Å²) >= 11 is 1.61. The zero-order chi connectivity index (χ0) is 17.9. The molecule has 5 nitrogen and oxygen atoms in total. The number of benzene rings is 1. The minimum atomic E-state index is -0.735. The van der Waals surface area contributed by atoms with Crippen molar-refractivity contribution >= 4 is 23.5 Å². The Kier molecular flexibility index (Phi) is 5.94.